The van der Waals surface area contributed by atoms with Crippen LogP contribution in [0.2, 0.25) is 0 Å². The van der Waals surface area contributed by atoms with Gasteiger partial charge in [-0.05, 0) is 18.4 Å². The first-order valence-electron chi connectivity index (χ1n) is 2.55. The van der Waals surface area contributed by atoms with Crippen LogP contribution < -0.4 is 0 Å². The molecule has 0 spiro atoms. The minimum absolute atomic E-state index is 1.05. The Bertz CT molecular complexity index is 52.0. The lowest BCUT2D eigenvalue weighted by Gasteiger charge is -1.79. The number of rotatable bonds is 3. The highest BCUT2D eigenvalue weighted by atomic mass is 32.2. The molecule has 0 heterocycles. The maximum absolute atomic E-state index is 4.00. The highest BCUT2D eigenvalue weighted by molar-refractivity contribution is 7.98. The zero-order chi connectivity index (χ0) is 5.54. The van der Waals surface area contributed by atoms with Crippen LogP contribution in [0.15, 0.2) is 4.40 Å². The summed E-state index contributed by atoms with van der Waals surface area (Å²) in [4.78, 5) is 0. The fraction of sp³-hybridized carbons (Fsp3) is 0.800. The van der Waals surface area contributed by atoms with Gasteiger partial charge in [0.1, 0.15) is 0 Å². The number of hydrogen-bond donors (Lipinski definition) is 0. The zero-order valence-corrected chi connectivity index (χ0v) is 5.66. The molecule has 0 atom stereocenters. The van der Waals surface area contributed by atoms with Crippen LogP contribution in [0.1, 0.15) is 20.3 Å². The van der Waals surface area contributed by atoms with Crippen LogP contribution in [-0.2, 0) is 0 Å². The summed E-state index contributed by atoms with van der Waals surface area (Å²) in [5, 5.41) is 0. The second kappa shape index (κ2) is 6.02. The first-order chi connectivity index (χ1) is 3.41. The van der Waals surface area contributed by atoms with E-state index >= 15 is 0 Å². The van der Waals surface area contributed by atoms with E-state index in [1.807, 2.05) is 6.21 Å². The first kappa shape index (κ1) is 7.02. The minimum atomic E-state index is 1.05. The van der Waals surface area contributed by atoms with Crippen LogP contribution in [0.25, 0.3) is 0 Å². The maximum atomic E-state index is 4.00. The maximum Gasteiger partial charge on any atom is 0.0124 e. The summed E-state index contributed by atoms with van der Waals surface area (Å²) in [7, 11) is 0. The van der Waals surface area contributed by atoms with Gasteiger partial charge in [-0.1, -0.05) is 13.8 Å². The second-order valence-electron chi connectivity index (χ2n) is 1.11. The molecule has 0 amide bonds. The van der Waals surface area contributed by atoms with E-state index in [1.54, 1.807) is 11.9 Å². The minimum Gasteiger partial charge on any atom is -0.229 e. The number of nitrogens with zero attached hydrogens (tertiary/aromatic N) is 1. The fourth-order valence-corrected chi connectivity index (χ4v) is 0.605. The van der Waals surface area contributed by atoms with Crippen LogP contribution in [0.3, 0.4) is 0 Å². The standard InChI is InChI=1S/C5H11NS/c1-3-5-6-7-4-2/h5H,3-4H2,1-2H3/b6-5-. The van der Waals surface area contributed by atoms with Crippen molar-refractivity contribution in [3.63, 3.8) is 0 Å². The molecule has 0 saturated carbocycles. The summed E-state index contributed by atoms with van der Waals surface area (Å²) in [6, 6.07) is 0. The molecule has 0 aliphatic carbocycles. The average Bonchev–Trinajstić information content (AvgIpc) is 1.69. The Morgan fingerprint density at radius 1 is 1.57 bits per heavy atom. The van der Waals surface area contributed by atoms with Crippen molar-refractivity contribution < 1.29 is 0 Å². The zero-order valence-electron chi connectivity index (χ0n) is 4.85. The van der Waals surface area contributed by atoms with Crippen LogP contribution in [-0.4, -0.2) is 12.0 Å². The highest BCUT2D eigenvalue weighted by Crippen LogP contribution is 1.97. The number of hydrogen-bond acceptors (Lipinski definition) is 2. The molecule has 0 fully saturated rings. The Hall–Kier alpha value is 0.0200. The van der Waals surface area contributed by atoms with Crippen molar-refractivity contribution in [1.29, 1.82) is 0 Å². The Morgan fingerprint density at radius 3 is 2.71 bits per heavy atom. The van der Waals surface area contributed by atoms with Crippen molar-refractivity contribution in [2.24, 2.45) is 4.40 Å². The Morgan fingerprint density at radius 2 is 2.29 bits per heavy atom. The lowest BCUT2D eigenvalue weighted by atomic mass is 10.6. The lowest BCUT2D eigenvalue weighted by molar-refractivity contribution is 1.33. The Balaban J connectivity index is 2.78. The summed E-state index contributed by atoms with van der Waals surface area (Å²) in [6.07, 6.45) is 2.97. The monoisotopic (exact) mass is 117 g/mol. The van der Waals surface area contributed by atoms with Gasteiger partial charge in [-0.2, -0.15) is 0 Å². The highest BCUT2D eigenvalue weighted by Gasteiger charge is 1.68. The van der Waals surface area contributed by atoms with E-state index in [2.05, 4.69) is 18.2 Å². The van der Waals surface area contributed by atoms with Crippen molar-refractivity contribution >= 4 is 18.2 Å². The molecular formula is C5H11NS. The average molecular weight is 117 g/mol. The predicted octanol–water partition coefficient (Wildman–Crippen LogP) is 2.14. The largest absolute Gasteiger partial charge is 0.229 e. The van der Waals surface area contributed by atoms with Gasteiger partial charge in [0.25, 0.3) is 0 Å². The second-order valence-corrected chi connectivity index (χ2v) is 2.16. The van der Waals surface area contributed by atoms with Gasteiger partial charge in [0.2, 0.25) is 0 Å². The molecule has 0 aliphatic heterocycles. The molecule has 2 heteroatoms. The molecule has 0 aromatic rings. The van der Waals surface area contributed by atoms with E-state index in [1.165, 1.54) is 0 Å². The van der Waals surface area contributed by atoms with Crippen molar-refractivity contribution in [3.8, 4) is 0 Å². The SMILES string of the molecule is CC/C=N\SCC. The van der Waals surface area contributed by atoms with Gasteiger partial charge in [-0.15, -0.1) is 0 Å². The quantitative estimate of drug-likeness (QED) is 0.407. The Kier molecular flexibility index (Phi) is 6.04. The molecule has 0 saturated heterocycles. The molecule has 0 unspecified atom stereocenters. The summed E-state index contributed by atoms with van der Waals surface area (Å²) in [5.74, 6) is 1.08. The van der Waals surface area contributed by atoms with Gasteiger partial charge in [-0.3, -0.25) is 0 Å². The summed E-state index contributed by atoms with van der Waals surface area (Å²) < 4.78 is 4.00. The third kappa shape index (κ3) is 6.02. The normalized spacial score (nSPS) is 10.6. The molecular weight excluding hydrogens is 106 g/mol. The molecule has 1 nitrogen and oxygen atoms in total. The molecule has 0 N–H and O–H groups in total. The van der Waals surface area contributed by atoms with E-state index in [0.717, 1.165) is 12.2 Å². The lowest BCUT2D eigenvalue weighted by Crippen LogP contribution is -1.63. The van der Waals surface area contributed by atoms with Gasteiger partial charge in [-0.25, -0.2) is 4.40 Å². The fourth-order valence-electron chi connectivity index (χ4n) is 0.202. The molecule has 0 aromatic carbocycles. The third-order valence-electron chi connectivity index (χ3n) is 0.461. The molecule has 0 aromatic heterocycles. The summed E-state index contributed by atoms with van der Waals surface area (Å²) in [5.41, 5.74) is 0. The molecule has 0 radical (unpaired) electrons. The molecule has 0 bridgehead atoms. The van der Waals surface area contributed by atoms with Crippen LogP contribution in [0.5, 0.6) is 0 Å². The molecule has 0 aliphatic rings. The predicted molar refractivity (Wildman–Crippen MR) is 36.9 cm³/mol. The van der Waals surface area contributed by atoms with Crippen molar-refractivity contribution in [3.05, 3.63) is 0 Å². The van der Waals surface area contributed by atoms with Gasteiger partial charge < -0.3 is 0 Å². The van der Waals surface area contributed by atoms with E-state index < -0.39 is 0 Å². The van der Waals surface area contributed by atoms with Crippen molar-refractivity contribution in [2.45, 2.75) is 20.3 Å². The van der Waals surface area contributed by atoms with Gasteiger partial charge in [0.05, 0.1) is 0 Å². The van der Waals surface area contributed by atoms with Gasteiger partial charge >= 0.3 is 0 Å². The van der Waals surface area contributed by atoms with Crippen LogP contribution >= 0.6 is 11.9 Å². The van der Waals surface area contributed by atoms with Crippen LogP contribution in [0.4, 0.5) is 0 Å². The molecule has 7 heavy (non-hydrogen) atoms. The smallest absolute Gasteiger partial charge is 0.0124 e. The summed E-state index contributed by atoms with van der Waals surface area (Å²) in [6.45, 7) is 4.18. The van der Waals surface area contributed by atoms with Crippen molar-refractivity contribution in [2.75, 3.05) is 5.75 Å². The topological polar surface area (TPSA) is 12.4 Å². The van der Waals surface area contributed by atoms with E-state index in [0.29, 0.717) is 0 Å². The van der Waals surface area contributed by atoms with Gasteiger partial charge in [0.15, 0.2) is 0 Å². The van der Waals surface area contributed by atoms with Gasteiger partial charge in [0, 0.05) is 12.0 Å². The van der Waals surface area contributed by atoms with E-state index in [9.17, 15) is 0 Å². The van der Waals surface area contributed by atoms with Crippen molar-refractivity contribution in [1.82, 2.24) is 0 Å². The third-order valence-corrected chi connectivity index (χ3v) is 1.02. The molecule has 0 rings (SSSR count). The Labute approximate surface area is 49.4 Å². The van der Waals surface area contributed by atoms with Crippen LogP contribution in [0, 0.1) is 0 Å². The molecule has 42 valence electrons. The van der Waals surface area contributed by atoms with E-state index in [4.69, 9.17) is 0 Å². The first-order valence-corrected chi connectivity index (χ1v) is 3.49. The van der Waals surface area contributed by atoms with E-state index in [-0.39, 0.29) is 0 Å². The summed E-state index contributed by atoms with van der Waals surface area (Å²) >= 11 is 1.60.